The van der Waals surface area contributed by atoms with E-state index in [2.05, 4.69) is 5.32 Å². The minimum Gasteiger partial charge on any atom is -0.481 e. The number of carbonyl (C=O) groups excluding carboxylic acids is 1. The summed E-state index contributed by atoms with van der Waals surface area (Å²) in [7, 11) is 0. The molecular weight excluding hydrogens is 286 g/mol. The Morgan fingerprint density at radius 2 is 2.26 bits per heavy atom. The molecule has 1 fully saturated rings. The van der Waals surface area contributed by atoms with Crippen molar-refractivity contribution in [2.45, 2.75) is 38.1 Å². The second-order valence-electron chi connectivity index (χ2n) is 5.14. The van der Waals surface area contributed by atoms with E-state index in [4.69, 9.17) is 11.6 Å². The number of hydrogen-bond donors (Lipinski definition) is 2. The number of rotatable bonds is 3. The van der Waals surface area contributed by atoms with Gasteiger partial charge in [-0.3, -0.25) is 9.59 Å². The van der Waals surface area contributed by atoms with Crippen LogP contribution in [-0.2, 0) is 4.79 Å². The molecule has 1 saturated carbocycles. The average molecular weight is 302 g/mol. The third-order valence-corrected chi connectivity index (χ3v) is 4.97. The fourth-order valence-corrected chi connectivity index (χ4v) is 3.60. The number of amides is 1. The maximum Gasteiger partial charge on any atom is 0.308 e. The highest BCUT2D eigenvalue weighted by atomic mass is 35.5. The van der Waals surface area contributed by atoms with E-state index >= 15 is 0 Å². The molecule has 2 atom stereocenters. The highest BCUT2D eigenvalue weighted by molar-refractivity contribution is 7.12. The highest BCUT2D eigenvalue weighted by Gasteiger charge is 2.42. The Labute approximate surface area is 120 Å². The second-order valence-corrected chi connectivity index (χ2v) is 6.49. The van der Waals surface area contributed by atoms with E-state index in [1.165, 1.54) is 11.3 Å². The van der Waals surface area contributed by atoms with Crippen molar-refractivity contribution in [1.29, 1.82) is 0 Å². The third-order valence-electron chi connectivity index (χ3n) is 3.70. The minimum atomic E-state index is -0.841. The van der Waals surface area contributed by atoms with Crippen molar-refractivity contribution in [3.05, 3.63) is 21.3 Å². The Balaban J connectivity index is 2.15. The van der Waals surface area contributed by atoms with Crippen molar-refractivity contribution in [3.8, 4) is 0 Å². The summed E-state index contributed by atoms with van der Waals surface area (Å²) in [5.74, 6) is -1.61. The first-order valence-corrected chi connectivity index (χ1v) is 7.47. The molecule has 2 N–H and O–H groups in total. The van der Waals surface area contributed by atoms with E-state index < -0.39 is 17.4 Å². The van der Waals surface area contributed by atoms with Gasteiger partial charge in [0.2, 0.25) is 0 Å². The van der Waals surface area contributed by atoms with Crippen LogP contribution in [-0.4, -0.2) is 22.5 Å². The summed E-state index contributed by atoms with van der Waals surface area (Å²) in [6.07, 6.45) is 3.13. The molecule has 2 rings (SSSR count). The zero-order valence-electron chi connectivity index (χ0n) is 10.6. The highest BCUT2D eigenvalue weighted by Crippen LogP contribution is 2.34. The van der Waals surface area contributed by atoms with E-state index in [1.807, 2.05) is 6.92 Å². The van der Waals surface area contributed by atoms with Gasteiger partial charge in [0.25, 0.3) is 5.91 Å². The number of nitrogens with one attached hydrogen (secondary N) is 1. The summed E-state index contributed by atoms with van der Waals surface area (Å²) < 4.78 is 0. The van der Waals surface area contributed by atoms with Crippen molar-refractivity contribution >= 4 is 34.8 Å². The van der Waals surface area contributed by atoms with Gasteiger partial charge in [0.1, 0.15) is 0 Å². The lowest BCUT2D eigenvalue weighted by atomic mass is 9.74. The molecule has 0 aromatic carbocycles. The summed E-state index contributed by atoms with van der Waals surface area (Å²) in [6, 6.07) is 1.60. The maximum absolute atomic E-state index is 12.1. The minimum absolute atomic E-state index is 0.243. The molecule has 1 aliphatic carbocycles. The van der Waals surface area contributed by atoms with Gasteiger partial charge in [0.15, 0.2) is 0 Å². The molecular formula is C13H16ClNO3S. The molecule has 2 unspecified atom stereocenters. The van der Waals surface area contributed by atoms with Crippen molar-refractivity contribution in [1.82, 2.24) is 5.32 Å². The first kappa shape index (κ1) is 14.3. The molecule has 0 radical (unpaired) electrons. The molecule has 1 aliphatic rings. The third kappa shape index (κ3) is 3.09. The quantitative estimate of drug-likeness (QED) is 0.901. The summed E-state index contributed by atoms with van der Waals surface area (Å²) in [5.41, 5.74) is -0.683. The van der Waals surface area contributed by atoms with Crippen LogP contribution in [0.3, 0.4) is 0 Å². The molecule has 104 valence electrons. The number of carboxylic acids is 1. The molecule has 0 spiro atoms. The van der Waals surface area contributed by atoms with E-state index in [9.17, 15) is 14.7 Å². The molecule has 0 saturated heterocycles. The second kappa shape index (κ2) is 5.51. The Morgan fingerprint density at radius 1 is 1.53 bits per heavy atom. The van der Waals surface area contributed by atoms with Crippen LogP contribution >= 0.6 is 22.9 Å². The molecule has 0 bridgehead atoms. The van der Waals surface area contributed by atoms with Gasteiger partial charge in [-0.25, -0.2) is 0 Å². The van der Waals surface area contributed by atoms with Gasteiger partial charge in [-0.2, -0.15) is 0 Å². The molecule has 1 amide bonds. The molecule has 1 aromatic heterocycles. The molecule has 0 aliphatic heterocycles. The van der Waals surface area contributed by atoms with E-state index in [1.54, 1.807) is 11.4 Å². The summed E-state index contributed by atoms with van der Waals surface area (Å²) in [6.45, 7) is 1.82. The SMILES string of the molecule is CC1(NC(=O)c2cc(Cl)cs2)CCCCC1C(=O)O. The number of aliphatic carboxylic acids is 1. The predicted molar refractivity (Wildman–Crippen MR) is 74.8 cm³/mol. The summed E-state index contributed by atoms with van der Waals surface area (Å²) in [5, 5.41) is 14.4. The Kier molecular flexibility index (Phi) is 4.16. The van der Waals surface area contributed by atoms with Crippen molar-refractivity contribution in [2.75, 3.05) is 0 Å². The number of carboxylic acid groups (broad SMARTS) is 1. The maximum atomic E-state index is 12.1. The Bertz CT molecular complexity index is 502. The van der Waals surface area contributed by atoms with E-state index in [0.29, 0.717) is 22.7 Å². The lowest BCUT2D eigenvalue weighted by Gasteiger charge is -2.39. The Hall–Kier alpha value is -1.07. The number of hydrogen-bond acceptors (Lipinski definition) is 3. The van der Waals surface area contributed by atoms with Crippen molar-refractivity contribution < 1.29 is 14.7 Å². The lowest BCUT2D eigenvalue weighted by Crippen LogP contribution is -2.55. The van der Waals surface area contributed by atoms with Crippen LogP contribution < -0.4 is 5.32 Å². The predicted octanol–water partition coefficient (Wildman–Crippen LogP) is 3.16. The molecule has 6 heteroatoms. The summed E-state index contributed by atoms with van der Waals surface area (Å²) >= 11 is 7.06. The van der Waals surface area contributed by atoms with Crippen LogP contribution in [0.4, 0.5) is 0 Å². The lowest BCUT2D eigenvalue weighted by molar-refractivity contribution is -0.145. The molecule has 19 heavy (non-hydrogen) atoms. The van der Waals surface area contributed by atoms with Gasteiger partial charge in [0, 0.05) is 5.38 Å². The normalized spacial score (nSPS) is 26.9. The standard InChI is InChI=1S/C13H16ClNO3S/c1-13(5-3-2-4-9(13)12(17)18)15-11(16)10-6-8(14)7-19-10/h6-7,9H,2-5H2,1H3,(H,15,16)(H,17,18). The summed E-state index contributed by atoms with van der Waals surface area (Å²) in [4.78, 5) is 24.0. The van der Waals surface area contributed by atoms with Gasteiger partial charge < -0.3 is 10.4 Å². The molecule has 4 nitrogen and oxygen atoms in total. The number of halogens is 1. The van der Waals surface area contributed by atoms with Gasteiger partial charge in [0.05, 0.1) is 21.4 Å². The van der Waals surface area contributed by atoms with Crippen LogP contribution in [0, 0.1) is 5.92 Å². The van der Waals surface area contributed by atoms with Crippen LogP contribution in [0.1, 0.15) is 42.3 Å². The molecule has 1 heterocycles. The van der Waals surface area contributed by atoms with Crippen LogP contribution in [0.2, 0.25) is 5.02 Å². The van der Waals surface area contributed by atoms with E-state index in [-0.39, 0.29) is 5.91 Å². The van der Waals surface area contributed by atoms with Crippen LogP contribution in [0.5, 0.6) is 0 Å². The van der Waals surface area contributed by atoms with Crippen LogP contribution in [0.25, 0.3) is 0 Å². The van der Waals surface area contributed by atoms with Gasteiger partial charge in [-0.05, 0) is 25.8 Å². The van der Waals surface area contributed by atoms with Gasteiger partial charge in [-0.1, -0.05) is 24.4 Å². The first-order valence-electron chi connectivity index (χ1n) is 6.22. The Morgan fingerprint density at radius 3 is 2.84 bits per heavy atom. The topological polar surface area (TPSA) is 66.4 Å². The van der Waals surface area contributed by atoms with Gasteiger partial charge in [-0.15, -0.1) is 11.3 Å². The van der Waals surface area contributed by atoms with Crippen LogP contribution in [0.15, 0.2) is 11.4 Å². The average Bonchev–Trinajstić information content (AvgIpc) is 2.75. The monoisotopic (exact) mass is 301 g/mol. The van der Waals surface area contributed by atoms with Crippen molar-refractivity contribution in [2.24, 2.45) is 5.92 Å². The first-order chi connectivity index (χ1) is 8.92. The van der Waals surface area contributed by atoms with Crippen molar-refractivity contribution in [3.63, 3.8) is 0 Å². The fraction of sp³-hybridized carbons (Fsp3) is 0.538. The zero-order chi connectivity index (χ0) is 14.0. The smallest absolute Gasteiger partial charge is 0.308 e. The number of carbonyl (C=O) groups is 2. The molecule has 1 aromatic rings. The van der Waals surface area contributed by atoms with Gasteiger partial charge >= 0.3 is 5.97 Å². The fourth-order valence-electron chi connectivity index (χ4n) is 2.63. The zero-order valence-corrected chi connectivity index (χ0v) is 12.2. The largest absolute Gasteiger partial charge is 0.481 e. The van der Waals surface area contributed by atoms with E-state index in [0.717, 1.165) is 12.8 Å². The number of thiophene rings is 1.